The Morgan fingerprint density at radius 1 is 0.921 bits per heavy atom. The molecule has 0 aromatic heterocycles. The highest BCUT2D eigenvalue weighted by atomic mass is 79.9. The van der Waals surface area contributed by atoms with Crippen molar-refractivity contribution in [2.24, 2.45) is 0 Å². The normalized spacial score (nSPS) is 11.9. The third-order valence-corrected chi connectivity index (χ3v) is 7.67. The second-order valence-electron chi connectivity index (χ2n) is 8.84. The Labute approximate surface area is 231 Å². The summed E-state index contributed by atoms with van der Waals surface area (Å²) in [6.07, 6.45) is 1.24. The minimum atomic E-state index is -3.91. The van der Waals surface area contributed by atoms with Crippen molar-refractivity contribution < 1.29 is 22.8 Å². The average molecular weight is 601 g/mol. The Bertz CT molecular complexity index is 1400. The van der Waals surface area contributed by atoms with Gasteiger partial charge in [0.1, 0.15) is 12.6 Å². The molecule has 0 bridgehead atoms. The van der Waals surface area contributed by atoms with Gasteiger partial charge >= 0.3 is 0 Å². The number of carbonyl (C=O) groups is 3. The quantitative estimate of drug-likeness (QED) is 0.338. The van der Waals surface area contributed by atoms with Gasteiger partial charge in [0, 0.05) is 30.0 Å². The molecular formula is C28H30BrN3O5S. The molecule has 0 heterocycles. The van der Waals surface area contributed by atoms with Crippen molar-refractivity contribution in [3.63, 3.8) is 0 Å². The van der Waals surface area contributed by atoms with E-state index in [1.165, 1.54) is 31.0 Å². The summed E-state index contributed by atoms with van der Waals surface area (Å²) in [7, 11) is -2.41. The van der Waals surface area contributed by atoms with Crippen LogP contribution in [0.4, 0.5) is 5.69 Å². The number of nitrogens with zero attached hydrogens (tertiary/aromatic N) is 2. The molecule has 0 saturated carbocycles. The summed E-state index contributed by atoms with van der Waals surface area (Å²) in [6.45, 7) is 0.924. The van der Waals surface area contributed by atoms with Crippen molar-refractivity contribution in [2.45, 2.75) is 25.9 Å². The Morgan fingerprint density at radius 3 is 2.16 bits per heavy atom. The predicted molar refractivity (Wildman–Crippen MR) is 151 cm³/mol. The van der Waals surface area contributed by atoms with E-state index in [-0.39, 0.29) is 30.3 Å². The van der Waals surface area contributed by atoms with Gasteiger partial charge in [-0.25, -0.2) is 8.42 Å². The number of hydrogen-bond acceptors (Lipinski definition) is 5. The van der Waals surface area contributed by atoms with E-state index in [1.54, 1.807) is 12.1 Å². The number of halogens is 1. The van der Waals surface area contributed by atoms with E-state index in [0.717, 1.165) is 26.2 Å². The first-order valence-corrected chi connectivity index (χ1v) is 14.5. The fourth-order valence-electron chi connectivity index (χ4n) is 4.00. The van der Waals surface area contributed by atoms with E-state index < -0.39 is 28.5 Å². The molecule has 3 aromatic carbocycles. The zero-order valence-corrected chi connectivity index (χ0v) is 23.8. The molecule has 8 nitrogen and oxygen atoms in total. The maximum atomic E-state index is 13.9. The Balaban J connectivity index is 2.03. The molecule has 0 aliphatic rings. The van der Waals surface area contributed by atoms with Gasteiger partial charge in [-0.15, -0.1) is 0 Å². The van der Waals surface area contributed by atoms with Gasteiger partial charge in [-0.1, -0.05) is 70.5 Å². The fourth-order valence-corrected chi connectivity index (χ4v) is 5.11. The first-order chi connectivity index (χ1) is 18.0. The SMILES string of the molecule is CNC(=O)[C@@H](Cc1ccccc1)N(Cc1ccc(Br)cc1)C(=O)CN(c1cccc(C(C)=O)c1)S(C)(=O)=O. The first-order valence-electron chi connectivity index (χ1n) is 11.9. The van der Waals surface area contributed by atoms with Crippen molar-refractivity contribution in [3.05, 3.63) is 100 Å². The molecule has 0 radical (unpaired) electrons. The number of amides is 2. The second-order valence-corrected chi connectivity index (χ2v) is 11.7. The average Bonchev–Trinajstić information content (AvgIpc) is 2.89. The van der Waals surface area contributed by atoms with Gasteiger partial charge in [0.15, 0.2) is 5.78 Å². The number of likely N-dealkylation sites (N-methyl/N-ethyl adjacent to an activating group) is 1. The second kappa shape index (κ2) is 12.8. The Morgan fingerprint density at radius 2 is 1.58 bits per heavy atom. The topological polar surface area (TPSA) is 104 Å². The molecule has 0 aliphatic carbocycles. The van der Waals surface area contributed by atoms with Crippen LogP contribution in [0, 0.1) is 0 Å². The monoisotopic (exact) mass is 599 g/mol. The maximum Gasteiger partial charge on any atom is 0.244 e. The number of hydrogen-bond donors (Lipinski definition) is 1. The van der Waals surface area contributed by atoms with Gasteiger partial charge in [-0.05, 0) is 42.3 Å². The van der Waals surface area contributed by atoms with E-state index in [4.69, 9.17) is 0 Å². The lowest BCUT2D eigenvalue weighted by atomic mass is 10.0. The number of benzene rings is 3. The molecule has 3 aromatic rings. The number of carbonyl (C=O) groups excluding carboxylic acids is 3. The molecule has 0 fully saturated rings. The van der Waals surface area contributed by atoms with Crippen LogP contribution in [0.5, 0.6) is 0 Å². The molecule has 1 atom stereocenters. The number of rotatable bonds is 11. The third kappa shape index (κ3) is 7.75. The summed E-state index contributed by atoms with van der Waals surface area (Å²) in [4.78, 5) is 40.3. The van der Waals surface area contributed by atoms with Crippen LogP contribution in [0.2, 0.25) is 0 Å². The number of nitrogens with one attached hydrogen (secondary N) is 1. The lowest BCUT2D eigenvalue weighted by molar-refractivity contribution is -0.139. The molecule has 0 unspecified atom stereocenters. The number of ketones is 1. The number of Topliss-reactive ketones (excluding diaryl/α,β-unsaturated/α-hetero) is 1. The van der Waals surface area contributed by atoms with Gasteiger partial charge in [0.2, 0.25) is 21.8 Å². The molecule has 0 spiro atoms. The van der Waals surface area contributed by atoms with Crippen LogP contribution < -0.4 is 9.62 Å². The van der Waals surface area contributed by atoms with Gasteiger partial charge < -0.3 is 10.2 Å². The lowest BCUT2D eigenvalue weighted by Gasteiger charge is -2.33. The molecular weight excluding hydrogens is 570 g/mol. The molecule has 0 aliphatic heterocycles. The molecule has 38 heavy (non-hydrogen) atoms. The van der Waals surface area contributed by atoms with Gasteiger partial charge in [-0.2, -0.15) is 0 Å². The minimum absolute atomic E-state index is 0.0854. The zero-order chi connectivity index (χ0) is 27.9. The smallest absolute Gasteiger partial charge is 0.244 e. The van der Waals surface area contributed by atoms with E-state index >= 15 is 0 Å². The van der Waals surface area contributed by atoms with Crippen molar-refractivity contribution in [3.8, 4) is 0 Å². The molecule has 1 N–H and O–H groups in total. The van der Waals surface area contributed by atoms with Crippen LogP contribution in [0.3, 0.4) is 0 Å². The van der Waals surface area contributed by atoms with Crippen molar-refractivity contribution in [1.82, 2.24) is 10.2 Å². The van der Waals surface area contributed by atoms with Crippen LogP contribution in [0.25, 0.3) is 0 Å². The van der Waals surface area contributed by atoms with Gasteiger partial charge in [0.25, 0.3) is 0 Å². The predicted octanol–water partition coefficient (Wildman–Crippen LogP) is 3.80. The summed E-state index contributed by atoms with van der Waals surface area (Å²) in [5.41, 5.74) is 2.14. The highest BCUT2D eigenvalue weighted by Crippen LogP contribution is 2.22. The largest absolute Gasteiger partial charge is 0.357 e. The number of anilines is 1. The van der Waals surface area contributed by atoms with Crippen molar-refractivity contribution >= 4 is 49.2 Å². The maximum absolute atomic E-state index is 13.9. The molecule has 3 rings (SSSR count). The first kappa shape index (κ1) is 29.1. The Hall–Kier alpha value is -3.50. The van der Waals surface area contributed by atoms with Crippen LogP contribution in [-0.2, 0) is 32.6 Å². The van der Waals surface area contributed by atoms with Crippen LogP contribution in [0.1, 0.15) is 28.4 Å². The molecule has 200 valence electrons. The van der Waals surface area contributed by atoms with E-state index in [0.29, 0.717) is 5.56 Å². The van der Waals surface area contributed by atoms with E-state index in [9.17, 15) is 22.8 Å². The summed E-state index contributed by atoms with van der Waals surface area (Å²) in [6, 6.07) is 21.9. The van der Waals surface area contributed by atoms with Gasteiger partial charge in [0.05, 0.1) is 11.9 Å². The number of sulfonamides is 1. The third-order valence-electron chi connectivity index (χ3n) is 6.00. The van der Waals surface area contributed by atoms with Crippen LogP contribution >= 0.6 is 15.9 Å². The zero-order valence-electron chi connectivity index (χ0n) is 21.4. The minimum Gasteiger partial charge on any atom is -0.357 e. The summed E-state index contributed by atoms with van der Waals surface area (Å²) < 4.78 is 27.4. The van der Waals surface area contributed by atoms with Gasteiger partial charge in [-0.3, -0.25) is 18.7 Å². The standard InChI is InChI=1S/C28H30BrN3O5S/c1-20(33)23-10-7-11-25(17-23)32(38(3,36)37)19-27(34)31(18-22-12-14-24(29)15-13-22)26(28(35)30-2)16-21-8-5-4-6-9-21/h4-15,17,26H,16,18-19H2,1-3H3,(H,30,35)/t26-/m1/s1. The summed E-state index contributed by atoms with van der Waals surface area (Å²) >= 11 is 3.40. The van der Waals surface area contributed by atoms with Crippen LogP contribution in [-0.4, -0.2) is 56.8 Å². The summed E-state index contributed by atoms with van der Waals surface area (Å²) in [5, 5.41) is 2.64. The van der Waals surface area contributed by atoms with E-state index in [2.05, 4.69) is 21.2 Å². The van der Waals surface area contributed by atoms with Crippen molar-refractivity contribution in [2.75, 3.05) is 24.2 Å². The highest BCUT2D eigenvalue weighted by molar-refractivity contribution is 9.10. The van der Waals surface area contributed by atoms with Crippen LogP contribution in [0.15, 0.2) is 83.3 Å². The molecule has 2 amide bonds. The van der Waals surface area contributed by atoms with E-state index in [1.807, 2.05) is 54.6 Å². The Kier molecular flexibility index (Phi) is 9.82. The molecule has 10 heteroatoms. The van der Waals surface area contributed by atoms with Crippen molar-refractivity contribution in [1.29, 1.82) is 0 Å². The lowest BCUT2D eigenvalue weighted by Crippen LogP contribution is -2.52. The highest BCUT2D eigenvalue weighted by Gasteiger charge is 2.32. The fraction of sp³-hybridized carbons (Fsp3) is 0.250. The summed E-state index contributed by atoms with van der Waals surface area (Å²) in [5.74, 6) is -1.16. The molecule has 0 saturated heterocycles.